The van der Waals surface area contributed by atoms with Gasteiger partial charge < -0.3 is 15.7 Å². The molecule has 0 aromatic rings. The number of likely N-dealkylation sites (tertiary alicyclic amines) is 1. The maximum atomic E-state index is 13.2. The summed E-state index contributed by atoms with van der Waals surface area (Å²) in [5.74, 6) is 0. The molecule has 1 aliphatic rings. The molecule has 0 aliphatic carbocycles. The summed E-state index contributed by atoms with van der Waals surface area (Å²) < 4.78 is 13.2. The first kappa shape index (κ1) is 8.26. The van der Waals surface area contributed by atoms with Gasteiger partial charge in [-0.3, -0.25) is 0 Å². The van der Waals surface area contributed by atoms with Crippen molar-refractivity contribution in [3.05, 3.63) is 0 Å². The van der Waals surface area contributed by atoms with Gasteiger partial charge in [0.25, 0.3) is 0 Å². The average Bonchev–Trinajstić information content (AvgIpc) is 2.33. The molecule has 0 aromatic carbocycles. The summed E-state index contributed by atoms with van der Waals surface area (Å²) in [5.41, 5.74) is 3.65. The minimum atomic E-state index is -1.49. The zero-order valence-corrected chi connectivity index (χ0v) is 6.09. The minimum absolute atomic E-state index is 0.0845. The lowest BCUT2D eigenvalue weighted by Crippen LogP contribution is -2.37. The Morgan fingerprint density at radius 3 is 2.73 bits per heavy atom. The summed E-state index contributed by atoms with van der Waals surface area (Å²) in [7, 11) is 0. The van der Waals surface area contributed by atoms with E-state index in [9.17, 15) is 9.18 Å². The lowest BCUT2D eigenvalue weighted by Gasteiger charge is -2.16. The molecule has 3 N–H and O–H groups in total. The zero-order chi connectivity index (χ0) is 8.48. The second-order valence-corrected chi connectivity index (χ2v) is 2.81. The molecule has 1 fully saturated rings. The second kappa shape index (κ2) is 2.65. The van der Waals surface area contributed by atoms with E-state index >= 15 is 0 Å². The lowest BCUT2D eigenvalue weighted by molar-refractivity contribution is 0.137. The third-order valence-electron chi connectivity index (χ3n) is 1.94. The van der Waals surface area contributed by atoms with Crippen molar-refractivity contribution < 1.29 is 14.3 Å². The van der Waals surface area contributed by atoms with E-state index in [0.717, 1.165) is 4.90 Å². The number of carboxylic acid groups (broad SMARTS) is 1. The number of nitrogens with zero attached hydrogens (tertiary/aromatic N) is 1. The largest absolute Gasteiger partial charge is 0.465 e. The molecule has 11 heavy (non-hydrogen) atoms. The van der Waals surface area contributed by atoms with E-state index < -0.39 is 11.8 Å². The summed E-state index contributed by atoms with van der Waals surface area (Å²) in [5, 5.41) is 8.46. The van der Waals surface area contributed by atoms with Gasteiger partial charge in [-0.1, -0.05) is 0 Å². The number of halogens is 1. The molecule has 0 saturated carbocycles. The number of hydrogen-bond donors (Lipinski definition) is 2. The monoisotopic (exact) mass is 162 g/mol. The quantitative estimate of drug-likeness (QED) is 0.572. The predicted octanol–water partition coefficient (Wildman–Crippen LogP) is 0.0371. The Bertz CT molecular complexity index is 176. The van der Waals surface area contributed by atoms with Gasteiger partial charge in [0.15, 0.2) is 0 Å². The summed E-state index contributed by atoms with van der Waals surface area (Å²) in [6, 6.07) is 0. The van der Waals surface area contributed by atoms with E-state index in [1.807, 2.05) is 0 Å². The van der Waals surface area contributed by atoms with Gasteiger partial charge in [0.2, 0.25) is 0 Å². The third kappa shape index (κ3) is 1.59. The van der Waals surface area contributed by atoms with Gasteiger partial charge in [0.1, 0.15) is 5.67 Å². The van der Waals surface area contributed by atoms with Crippen LogP contribution in [0.3, 0.4) is 0 Å². The van der Waals surface area contributed by atoms with Gasteiger partial charge in [-0.25, -0.2) is 9.18 Å². The molecule has 0 bridgehead atoms. The molecule has 1 rings (SSSR count). The van der Waals surface area contributed by atoms with E-state index in [1.165, 1.54) is 0 Å². The SMILES string of the molecule is NC[C@]1(F)CCN(C(=O)O)C1. The fraction of sp³-hybridized carbons (Fsp3) is 0.833. The van der Waals surface area contributed by atoms with Crippen LogP contribution in [0, 0.1) is 0 Å². The molecule has 64 valence electrons. The van der Waals surface area contributed by atoms with Gasteiger partial charge in [0.05, 0.1) is 6.54 Å². The smallest absolute Gasteiger partial charge is 0.407 e. The molecule has 0 radical (unpaired) electrons. The molecule has 1 saturated heterocycles. The molecule has 1 atom stereocenters. The first-order valence-electron chi connectivity index (χ1n) is 3.44. The van der Waals surface area contributed by atoms with Crippen LogP contribution in [0.4, 0.5) is 9.18 Å². The molecule has 0 unspecified atom stereocenters. The number of hydrogen-bond acceptors (Lipinski definition) is 2. The van der Waals surface area contributed by atoms with E-state index in [2.05, 4.69) is 0 Å². The van der Waals surface area contributed by atoms with Gasteiger partial charge in [0, 0.05) is 19.5 Å². The Hall–Kier alpha value is -0.840. The van der Waals surface area contributed by atoms with Crippen molar-refractivity contribution >= 4 is 6.09 Å². The summed E-state index contributed by atoms with van der Waals surface area (Å²) in [6.45, 7) is 0.0681. The summed E-state index contributed by atoms with van der Waals surface area (Å²) in [4.78, 5) is 11.4. The first-order valence-corrected chi connectivity index (χ1v) is 3.44. The van der Waals surface area contributed by atoms with E-state index in [1.54, 1.807) is 0 Å². The van der Waals surface area contributed by atoms with E-state index in [0.29, 0.717) is 0 Å². The van der Waals surface area contributed by atoms with Gasteiger partial charge in [-0.2, -0.15) is 0 Å². The highest BCUT2D eigenvalue weighted by Gasteiger charge is 2.38. The van der Waals surface area contributed by atoms with Crippen molar-refractivity contribution in [1.29, 1.82) is 0 Å². The maximum absolute atomic E-state index is 13.2. The van der Waals surface area contributed by atoms with Crippen molar-refractivity contribution in [1.82, 2.24) is 4.90 Å². The normalized spacial score (nSPS) is 30.9. The van der Waals surface area contributed by atoms with Crippen LogP contribution in [-0.2, 0) is 0 Å². The number of amides is 1. The summed E-state index contributed by atoms with van der Waals surface area (Å²) >= 11 is 0. The molecule has 0 aromatic heterocycles. The number of nitrogens with two attached hydrogens (primary N) is 1. The molecule has 4 nitrogen and oxygen atoms in total. The molecule has 1 amide bonds. The second-order valence-electron chi connectivity index (χ2n) is 2.81. The fourth-order valence-corrected chi connectivity index (χ4v) is 1.17. The highest BCUT2D eigenvalue weighted by atomic mass is 19.1. The molecule has 0 spiro atoms. The van der Waals surface area contributed by atoms with Crippen molar-refractivity contribution in [2.45, 2.75) is 12.1 Å². The van der Waals surface area contributed by atoms with Crippen molar-refractivity contribution in [2.24, 2.45) is 5.73 Å². The first-order chi connectivity index (χ1) is 5.07. The van der Waals surface area contributed by atoms with Gasteiger partial charge in [-0.15, -0.1) is 0 Å². The molecule has 1 heterocycles. The highest BCUT2D eigenvalue weighted by Crippen LogP contribution is 2.23. The topological polar surface area (TPSA) is 66.6 Å². The van der Waals surface area contributed by atoms with Crippen LogP contribution in [0.25, 0.3) is 0 Å². The van der Waals surface area contributed by atoms with Crippen LogP contribution >= 0.6 is 0 Å². The van der Waals surface area contributed by atoms with Crippen LogP contribution in [0.2, 0.25) is 0 Å². The maximum Gasteiger partial charge on any atom is 0.407 e. The number of rotatable bonds is 1. The fourth-order valence-electron chi connectivity index (χ4n) is 1.17. The molecular formula is C6H11FN2O2. The van der Waals surface area contributed by atoms with Crippen molar-refractivity contribution in [3.8, 4) is 0 Å². The standard InChI is InChI=1S/C6H11FN2O2/c7-6(3-8)1-2-9(4-6)5(10)11/h1-4,8H2,(H,10,11)/t6-/m1/s1. The van der Waals surface area contributed by atoms with Gasteiger partial charge in [-0.05, 0) is 0 Å². The predicted molar refractivity (Wildman–Crippen MR) is 37.1 cm³/mol. The van der Waals surface area contributed by atoms with Crippen LogP contribution in [0.5, 0.6) is 0 Å². The van der Waals surface area contributed by atoms with Crippen LogP contribution in [0.1, 0.15) is 6.42 Å². The Morgan fingerprint density at radius 1 is 1.82 bits per heavy atom. The van der Waals surface area contributed by atoms with Crippen LogP contribution in [0.15, 0.2) is 0 Å². The van der Waals surface area contributed by atoms with Gasteiger partial charge >= 0.3 is 6.09 Å². The Kier molecular flexibility index (Phi) is 1.99. The Balaban J connectivity index is 2.53. The highest BCUT2D eigenvalue weighted by molar-refractivity contribution is 5.65. The van der Waals surface area contributed by atoms with Crippen molar-refractivity contribution in [2.75, 3.05) is 19.6 Å². The number of alkyl halides is 1. The summed E-state index contributed by atoms with van der Waals surface area (Å²) in [6.07, 6.45) is -0.853. The number of carbonyl (C=O) groups is 1. The third-order valence-corrected chi connectivity index (χ3v) is 1.94. The molecular weight excluding hydrogens is 151 g/mol. The van der Waals surface area contributed by atoms with Crippen molar-refractivity contribution in [3.63, 3.8) is 0 Å². The molecule has 1 aliphatic heterocycles. The Labute approximate surface area is 63.8 Å². The lowest BCUT2D eigenvalue weighted by atomic mass is 10.1. The Morgan fingerprint density at radius 2 is 2.45 bits per heavy atom. The molecule has 5 heteroatoms. The zero-order valence-electron chi connectivity index (χ0n) is 6.09. The van der Waals surface area contributed by atoms with Crippen LogP contribution in [-0.4, -0.2) is 41.4 Å². The minimum Gasteiger partial charge on any atom is -0.465 e. The average molecular weight is 162 g/mol. The van der Waals surface area contributed by atoms with E-state index in [-0.39, 0.29) is 26.1 Å². The van der Waals surface area contributed by atoms with Crippen LogP contribution < -0.4 is 5.73 Å². The van der Waals surface area contributed by atoms with E-state index in [4.69, 9.17) is 10.8 Å².